The SMILES string of the molecule is CS(=O)(=O)OCCN(CCOS(C)(=O)=O)c1ccc(C(=O)N[C@@H](CCC(=O)O)C(=O)O)cc1. The number of nitrogens with one attached hydrogen (secondary N) is 1. The van der Waals surface area contributed by atoms with Crippen LogP contribution in [0, 0.1) is 0 Å². The van der Waals surface area contributed by atoms with Gasteiger partial charge in [0.1, 0.15) is 6.04 Å². The summed E-state index contributed by atoms with van der Waals surface area (Å²) in [6.07, 6.45) is 1.05. The zero-order valence-electron chi connectivity index (χ0n) is 18.0. The molecule has 13 nitrogen and oxygen atoms in total. The highest BCUT2D eigenvalue weighted by atomic mass is 32.2. The molecule has 0 bridgehead atoms. The Morgan fingerprint density at radius 3 is 1.82 bits per heavy atom. The van der Waals surface area contributed by atoms with E-state index >= 15 is 0 Å². The molecular formula is C18H26N2O11S2. The molecule has 3 N–H and O–H groups in total. The van der Waals surface area contributed by atoms with Crippen LogP contribution in [-0.4, -0.2) is 89.8 Å². The van der Waals surface area contributed by atoms with Gasteiger partial charge in [-0.05, 0) is 30.7 Å². The van der Waals surface area contributed by atoms with Crippen LogP contribution in [0.1, 0.15) is 23.2 Å². The zero-order chi connectivity index (χ0) is 25.2. The van der Waals surface area contributed by atoms with Gasteiger partial charge in [0.25, 0.3) is 26.1 Å². The Labute approximate surface area is 191 Å². The molecule has 1 aromatic carbocycles. The highest BCUT2D eigenvalue weighted by Crippen LogP contribution is 2.16. The third-order valence-electron chi connectivity index (χ3n) is 4.06. The van der Waals surface area contributed by atoms with Crippen molar-refractivity contribution >= 4 is 43.8 Å². The molecule has 1 rings (SSSR count). The van der Waals surface area contributed by atoms with Gasteiger partial charge in [-0.2, -0.15) is 16.8 Å². The second-order valence-corrected chi connectivity index (χ2v) is 10.2. The molecule has 0 saturated carbocycles. The van der Waals surface area contributed by atoms with Gasteiger partial charge in [0, 0.05) is 30.8 Å². The largest absolute Gasteiger partial charge is 0.481 e. The van der Waals surface area contributed by atoms with Gasteiger partial charge in [-0.25, -0.2) is 4.79 Å². The molecule has 0 saturated heterocycles. The summed E-state index contributed by atoms with van der Waals surface area (Å²) >= 11 is 0. The molecule has 0 aliphatic rings. The van der Waals surface area contributed by atoms with E-state index in [1.807, 2.05) is 0 Å². The fraction of sp³-hybridized carbons (Fsp3) is 0.500. The maximum atomic E-state index is 12.3. The average molecular weight is 511 g/mol. The molecule has 0 aliphatic heterocycles. The van der Waals surface area contributed by atoms with Crippen molar-refractivity contribution in [1.29, 1.82) is 0 Å². The van der Waals surface area contributed by atoms with Crippen LogP contribution in [0.3, 0.4) is 0 Å². The van der Waals surface area contributed by atoms with Crippen LogP contribution in [0.2, 0.25) is 0 Å². The van der Waals surface area contributed by atoms with Crippen LogP contribution in [-0.2, 0) is 38.2 Å². The van der Waals surface area contributed by atoms with Crippen molar-refractivity contribution < 1.29 is 49.8 Å². The summed E-state index contributed by atoms with van der Waals surface area (Å²) < 4.78 is 54.1. The topological polar surface area (TPSA) is 194 Å². The number of benzene rings is 1. The maximum Gasteiger partial charge on any atom is 0.326 e. The van der Waals surface area contributed by atoms with E-state index in [4.69, 9.17) is 18.6 Å². The van der Waals surface area contributed by atoms with E-state index in [2.05, 4.69) is 5.32 Å². The predicted molar refractivity (Wildman–Crippen MR) is 116 cm³/mol. The quantitative estimate of drug-likeness (QED) is 0.256. The number of hydrogen-bond acceptors (Lipinski definition) is 10. The number of amides is 1. The number of carboxylic acid groups (broad SMARTS) is 2. The van der Waals surface area contributed by atoms with E-state index in [1.165, 1.54) is 24.3 Å². The average Bonchev–Trinajstić information content (AvgIpc) is 2.67. The summed E-state index contributed by atoms with van der Waals surface area (Å²) in [6, 6.07) is 4.35. The molecule has 33 heavy (non-hydrogen) atoms. The van der Waals surface area contributed by atoms with E-state index in [0.29, 0.717) is 5.69 Å². The lowest BCUT2D eigenvalue weighted by atomic mass is 10.1. The van der Waals surface area contributed by atoms with Crippen molar-refractivity contribution in [2.24, 2.45) is 0 Å². The minimum atomic E-state index is -3.68. The Hall–Kier alpha value is -2.75. The molecule has 15 heteroatoms. The van der Waals surface area contributed by atoms with Crippen molar-refractivity contribution in [3.05, 3.63) is 29.8 Å². The van der Waals surface area contributed by atoms with E-state index in [1.54, 1.807) is 4.90 Å². The first-order chi connectivity index (χ1) is 15.2. The number of carbonyl (C=O) groups excluding carboxylic acids is 1. The van der Waals surface area contributed by atoms with Crippen molar-refractivity contribution in [2.75, 3.05) is 43.7 Å². The number of nitrogens with zero attached hydrogens (tertiary/aromatic N) is 1. The van der Waals surface area contributed by atoms with Gasteiger partial charge < -0.3 is 20.4 Å². The van der Waals surface area contributed by atoms with Crippen molar-refractivity contribution in [3.8, 4) is 0 Å². The van der Waals surface area contributed by atoms with Gasteiger partial charge in [0.2, 0.25) is 0 Å². The molecule has 0 unspecified atom stereocenters. The van der Waals surface area contributed by atoms with E-state index < -0.39 is 50.5 Å². The Balaban J connectivity index is 2.90. The van der Waals surface area contributed by atoms with Gasteiger partial charge in [-0.3, -0.25) is 18.0 Å². The second kappa shape index (κ2) is 12.5. The summed E-state index contributed by atoms with van der Waals surface area (Å²) in [6.45, 7) is -0.322. The number of aliphatic carboxylic acids is 2. The van der Waals surface area contributed by atoms with Gasteiger partial charge in [-0.1, -0.05) is 0 Å². The van der Waals surface area contributed by atoms with Crippen LogP contribution < -0.4 is 10.2 Å². The van der Waals surface area contributed by atoms with Crippen LogP contribution >= 0.6 is 0 Å². The van der Waals surface area contributed by atoms with E-state index in [0.717, 1.165) is 12.5 Å². The Morgan fingerprint density at radius 2 is 1.42 bits per heavy atom. The minimum absolute atomic E-state index is 0.0576. The van der Waals surface area contributed by atoms with Crippen LogP contribution in [0.4, 0.5) is 5.69 Å². The monoisotopic (exact) mass is 510 g/mol. The number of rotatable bonds is 15. The highest BCUT2D eigenvalue weighted by Gasteiger charge is 2.22. The summed E-state index contributed by atoms with van der Waals surface area (Å²) in [5.74, 6) is -3.30. The van der Waals surface area contributed by atoms with Gasteiger partial charge in [0.15, 0.2) is 0 Å². The molecule has 0 heterocycles. The lowest BCUT2D eigenvalue weighted by molar-refractivity contribution is -0.140. The second-order valence-electron chi connectivity index (χ2n) is 6.88. The first kappa shape index (κ1) is 28.3. The Kier molecular flexibility index (Phi) is 10.7. The fourth-order valence-electron chi connectivity index (χ4n) is 2.56. The number of hydrogen-bond donors (Lipinski definition) is 3. The molecule has 0 aliphatic carbocycles. The summed E-state index contributed by atoms with van der Waals surface area (Å²) in [5, 5.41) is 20.1. The van der Waals surface area contributed by atoms with Crippen molar-refractivity contribution in [1.82, 2.24) is 5.32 Å². The number of carbonyl (C=O) groups is 3. The number of anilines is 1. The molecular weight excluding hydrogens is 484 g/mol. The van der Waals surface area contributed by atoms with Crippen LogP contribution in [0.25, 0.3) is 0 Å². The normalized spacial score (nSPS) is 12.7. The molecule has 1 aromatic rings. The third-order valence-corrected chi connectivity index (χ3v) is 5.25. The number of carboxylic acids is 2. The lowest BCUT2D eigenvalue weighted by Crippen LogP contribution is -2.41. The summed E-state index contributed by atoms with van der Waals surface area (Å²) in [4.78, 5) is 35.8. The molecule has 0 radical (unpaired) electrons. The van der Waals surface area contributed by atoms with Gasteiger partial charge in [-0.15, -0.1) is 0 Å². The molecule has 0 spiro atoms. The van der Waals surface area contributed by atoms with E-state index in [-0.39, 0.29) is 38.3 Å². The first-order valence-electron chi connectivity index (χ1n) is 9.47. The maximum absolute atomic E-state index is 12.3. The molecule has 0 aromatic heterocycles. The molecule has 1 atom stereocenters. The van der Waals surface area contributed by atoms with Gasteiger partial charge in [0.05, 0.1) is 25.7 Å². The molecule has 1 amide bonds. The van der Waals surface area contributed by atoms with Crippen LogP contribution in [0.15, 0.2) is 24.3 Å². The fourth-order valence-corrected chi connectivity index (χ4v) is 3.31. The molecule has 186 valence electrons. The van der Waals surface area contributed by atoms with Crippen molar-refractivity contribution in [3.63, 3.8) is 0 Å². The predicted octanol–water partition coefficient (Wildman–Crippen LogP) is -0.507. The summed E-state index contributed by atoms with van der Waals surface area (Å²) in [5.41, 5.74) is 0.585. The first-order valence-corrected chi connectivity index (χ1v) is 13.1. The highest BCUT2D eigenvalue weighted by molar-refractivity contribution is 7.86. The third kappa shape index (κ3) is 12.2. The standard InChI is InChI=1S/C18H26N2O11S2/c1-32(26,27)30-11-9-20(10-12-31-33(2,28)29)14-5-3-13(4-6-14)17(23)19-15(18(24)25)7-8-16(21)22/h3-6,15H,7-12H2,1-2H3,(H,19,23)(H,21,22)(H,24,25)/t15-/m0/s1. The lowest BCUT2D eigenvalue weighted by Gasteiger charge is -2.24. The Morgan fingerprint density at radius 1 is 0.939 bits per heavy atom. The Bertz CT molecular complexity index is 1000. The van der Waals surface area contributed by atoms with Gasteiger partial charge >= 0.3 is 11.9 Å². The van der Waals surface area contributed by atoms with E-state index in [9.17, 15) is 31.2 Å². The smallest absolute Gasteiger partial charge is 0.326 e. The minimum Gasteiger partial charge on any atom is -0.481 e. The zero-order valence-corrected chi connectivity index (χ0v) is 19.6. The molecule has 0 fully saturated rings. The summed E-state index contributed by atoms with van der Waals surface area (Å²) in [7, 11) is -7.37. The van der Waals surface area contributed by atoms with Crippen LogP contribution in [0.5, 0.6) is 0 Å². The van der Waals surface area contributed by atoms with Crippen molar-refractivity contribution in [2.45, 2.75) is 18.9 Å².